The van der Waals surface area contributed by atoms with E-state index in [0.29, 0.717) is 16.4 Å². The van der Waals surface area contributed by atoms with Gasteiger partial charge in [-0.15, -0.1) is 0 Å². The molecule has 14 heavy (non-hydrogen) atoms. The average molecular weight is 189 g/mol. The lowest BCUT2D eigenvalue weighted by molar-refractivity contribution is -0.135. The topological polar surface area (TPSA) is 75.2 Å². The van der Waals surface area contributed by atoms with Gasteiger partial charge in [-0.05, 0) is 17.6 Å². The normalized spacial score (nSPS) is 10.4. The summed E-state index contributed by atoms with van der Waals surface area (Å²) in [6.07, 6.45) is 1.33. The third kappa shape index (κ3) is 1.52. The van der Waals surface area contributed by atoms with Gasteiger partial charge in [0.2, 0.25) is 0 Å². The van der Waals surface area contributed by atoms with Gasteiger partial charge in [-0.25, -0.2) is 4.98 Å². The second-order valence-corrected chi connectivity index (χ2v) is 2.73. The molecule has 2 rings (SSSR count). The van der Waals surface area contributed by atoms with E-state index in [-0.39, 0.29) is 5.56 Å². The van der Waals surface area contributed by atoms with Gasteiger partial charge in [0.15, 0.2) is 0 Å². The number of aromatic nitrogens is 2. The predicted molar refractivity (Wildman–Crippen MR) is 51.5 cm³/mol. The van der Waals surface area contributed by atoms with E-state index in [0.717, 1.165) is 7.48 Å². The summed E-state index contributed by atoms with van der Waals surface area (Å²) in [4.78, 5) is 21.6. The van der Waals surface area contributed by atoms with Crippen LogP contribution in [0.5, 0.6) is 0 Å². The Hall–Kier alpha value is -1.66. The molecule has 0 unspecified atom stereocenters. The number of rotatable bonds is 2. The molecule has 69 valence electrons. The fourth-order valence-electron chi connectivity index (χ4n) is 1.22. The van der Waals surface area contributed by atoms with Crippen LogP contribution in [0, 0.1) is 0 Å². The number of fused-ring (bicyclic) bond motifs is 1. The zero-order chi connectivity index (χ0) is 9.97. The molecular weight excluding hydrogens is 183 g/mol. The maximum Gasteiger partial charge on any atom is 0.381 e. The number of aromatic amines is 1. The monoisotopic (exact) mass is 189 g/mol. The van der Waals surface area contributed by atoms with Crippen molar-refractivity contribution in [1.29, 1.82) is 0 Å². The molecule has 0 aliphatic carbocycles. The summed E-state index contributed by atoms with van der Waals surface area (Å²) >= 11 is 0. The molecule has 2 N–H and O–H groups in total. The molecule has 6 heteroatoms. The first-order valence-corrected chi connectivity index (χ1v) is 3.92. The van der Waals surface area contributed by atoms with Gasteiger partial charge in [0, 0.05) is 0 Å². The molecule has 1 aromatic heterocycles. The van der Waals surface area contributed by atoms with Crippen molar-refractivity contribution in [3.63, 3.8) is 0 Å². The van der Waals surface area contributed by atoms with E-state index in [4.69, 9.17) is 5.26 Å². The van der Waals surface area contributed by atoms with Crippen LogP contribution in [0.3, 0.4) is 0 Å². The molecule has 0 aliphatic rings. The van der Waals surface area contributed by atoms with Crippen LogP contribution < -0.4 is 11.0 Å². The van der Waals surface area contributed by atoms with Crippen molar-refractivity contribution in [2.24, 2.45) is 0 Å². The van der Waals surface area contributed by atoms with E-state index in [9.17, 15) is 4.79 Å². The Morgan fingerprint density at radius 2 is 2.36 bits per heavy atom. The highest BCUT2D eigenvalue weighted by Crippen LogP contribution is 2.01. The van der Waals surface area contributed by atoms with Gasteiger partial charge in [0.25, 0.3) is 5.56 Å². The molecule has 2 aromatic rings. The Labute approximate surface area is 79.6 Å². The largest absolute Gasteiger partial charge is 0.381 e. The summed E-state index contributed by atoms with van der Waals surface area (Å²) < 4.78 is 0. The van der Waals surface area contributed by atoms with Gasteiger partial charge in [-0.2, -0.15) is 0 Å². The minimum absolute atomic E-state index is 0.188. The van der Waals surface area contributed by atoms with Gasteiger partial charge >= 0.3 is 7.48 Å². The molecule has 1 heterocycles. The summed E-state index contributed by atoms with van der Waals surface area (Å²) in [5, 5.41) is 8.70. The molecule has 0 fully saturated rings. The van der Waals surface area contributed by atoms with Gasteiger partial charge in [0.05, 0.1) is 17.2 Å². The van der Waals surface area contributed by atoms with Gasteiger partial charge in [-0.1, -0.05) is 6.07 Å². The van der Waals surface area contributed by atoms with E-state index >= 15 is 0 Å². The van der Waals surface area contributed by atoms with Crippen LogP contribution in [-0.2, 0) is 4.81 Å². The second kappa shape index (κ2) is 3.61. The summed E-state index contributed by atoms with van der Waals surface area (Å²) in [7, 11) is 1.16. The van der Waals surface area contributed by atoms with Crippen molar-refractivity contribution in [2.45, 2.75) is 0 Å². The molecule has 0 saturated heterocycles. The standard InChI is InChI=1S/C8H6BN2O3/c12-8-6-2-1-5(9-14-13)3-7(6)10-4-11-8/h1-4,13H,(H,10,11,12). The lowest BCUT2D eigenvalue weighted by Gasteiger charge is -1.98. The van der Waals surface area contributed by atoms with Crippen molar-refractivity contribution >= 4 is 23.8 Å². The van der Waals surface area contributed by atoms with Crippen LogP contribution in [0.2, 0.25) is 0 Å². The maximum absolute atomic E-state index is 11.3. The smallest absolute Gasteiger partial charge is 0.313 e. The molecule has 1 aromatic carbocycles. The number of nitrogens with zero attached hydrogens (tertiary/aromatic N) is 1. The lowest BCUT2D eigenvalue weighted by Crippen LogP contribution is -2.17. The average Bonchev–Trinajstić information content (AvgIpc) is 2.18. The van der Waals surface area contributed by atoms with Crippen LogP contribution >= 0.6 is 0 Å². The highest BCUT2D eigenvalue weighted by molar-refractivity contribution is 6.47. The molecule has 1 radical (unpaired) electrons. The minimum Gasteiger partial charge on any atom is -0.313 e. The van der Waals surface area contributed by atoms with Crippen molar-refractivity contribution in [1.82, 2.24) is 9.97 Å². The van der Waals surface area contributed by atoms with E-state index in [1.807, 2.05) is 0 Å². The first-order valence-electron chi connectivity index (χ1n) is 3.92. The molecular formula is C8H6BN2O3. The fourth-order valence-corrected chi connectivity index (χ4v) is 1.22. The highest BCUT2D eigenvalue weighted by Gasteiger charge is 2.02. The first-order chi connectivity index (χ1) is 6.81. The third-order valence-electron chi connectivity index (χ3n) is 1.85. The Kier molecular flexibility index (Phi) is 2.30. The van der Waals surface area contributed by atoms with Gasteiger partial charge < -0.3 is 9.79 Å². The van der Waals surface area contributed by atoms with Crippen LogP contribution in [0.4, 0.5) is 0 Å². The summed E-state index contributed by atoms with van der Waals surface area (Å²) in [6.45, 7) is 0. The van der Waals surface area contributed by atoms with E-state index in [1.165, 1.54) is 6.33 Å². The van der Waals surface area contributed by atoms with Crippen LogP contribution in [0.1, 0.15) is 0 Å². The predicted octanol–water partition coefficient (Wildman–Crippen LogP) is -0.343. The molecule has 0 saturated carbocycles. The summed E-state index contributed by atoms with van der Waals surface area (Å²) in [5.41, 5.74) is 1.00. The summed E-state index contributed by atoms with van der Waals surface area (Å²) in [5.74, 6) is 0. The van der Waals surface area contributed by atoms with Crippen molar-refractivity contribution in [3.8, 4) is 0 Å². The lowest BCUT2D eigenvalue weighted by atomic mass is 9.88. The van der Waals surface area contributed by atoms with Crippen molar-refractivity contribution in [2.75, 3.05) is 0 Å². The molecule has 0 spiro atoms. The number of hydrogen-bond donors (Lipinski definition) is 2. The fraction of sp³-hybridized carbons (Fsp3) is 0. The summed E-state index contributed by atoms with van der Waals surface area (Å²) in [6, 6.07) is 4.91. The Bertz CT molecular complexity index is 511. The van der Waals surface area contributed by atoms with E-state index in [2.05, 4.69) is 14.8 Å². The Morgan fingerprint density at radius 1 is 1.50 bits per heavy atom. The quantitative estimate of drug-likeness (QED) is 0.384. The van der Waals surface area contributed by atoms with Crippen LogP contribution in [0.25, 0.3) is 10.9 Å². The second-order valence-electron chi connectivity index (χ2n) is 2.73. The zero-order valence-electron chi connectivity index (χ0n) is 7.10. The van der Waals surface area contributed by atoms with Gasteiger partial charge in [0.1, 0.15) is 0 Å². The molecule has 5 nitrogen and oxygen atoms in total. The Balaban J connectivity index is 2.61. The minimum atomic E-state index is -0.188. The first kappa shape index (κ1) is 8.92. The number of benzene rings is 1. The SMILES string of the molecule is O=c1[nH]cnc2cc([B]OO)ccc12. The van der Waals surface area contributed by atoms with Gasteiger partial charge in [-0.3, -0.25) is 10.1 Å². The highest BCUT2D eigenvalue weighted by atomic mass is 17.1. The van der Waals surface area contributed by atoms with Crippen LogP contribution in [-0.4, -0.2) is 22.7 Å². The molecule has 0 amide bonds. The zero-order valence-corrected chi connectivity index (χ0v) is 7.10. The van der Waals surface area contributed by atoms with Crippen LogP contribution in [0.15, 0.2) is 29.3 Å². The molecule has 0 atom stereocenters. The Morgan fingerprint density at radius 3 is 3.14 bits per heavy atom. The molecule has 0 bridgehead atoms. The number of nitrogens with one attached hydrogen (secondary N) is 1. The van der Waals surface area contributed by atoms with E-state index < -0.39 is 0 Å². The third-order valence-corrected chi connectivity index (χ3v) is 1.85. The maximum atomic E-state index is 11.3. The molecule has 0 aliphatic heterocycles. The number of hydrogen-bond acceptors (Lipinski definition) is 4. The van der Waals surface area contributed by atoms with Crippen molar-refractivity contribution in [3.05, 3.63) is 34.9 Å². The number of H-pyrrole nitrogens is 1. The van der Waals surface area contributed by atoms with E-state index in [1.54, 1.807) is 18.2 Å². The van der Waals surface area contributed by atoms with Crippen molar-refractivity contribution < 1.29 is 10.1 Å².